The van der Waals surface area contributed by atoms with Crippen LogP contribution in [0, 0.1) is 5.82 Å². The van der Waals surface area contributed by atoms with Crippen LogP contribution in [0.15, 0.2) is 36.7 Å². The monoisotopic (exact) mass is 399 g/mol. The standard InChI is InChI=1S/C21H26FN5O2/c22-18-6-2-1-4-16(18)12-21(29)26-10-8-25(9-11-26)19-13-20(24-15-23-19)27-7-3-5-17(27)14-28/h1-2,4,6,13,15,17,28H,3,5,7-12,14H2. The van der Waals surface area contributed by atoms with E-state index in [0.29, 0.717) is 31.7 Å². The summed E-state index contributed by atoms with van der Waals surface area (Å²) in [5.74, 6) is 1.28. The van der Waals surface area contributed by atoms with Gasteiger partial charge in [-0.05, 0) is 24.5 Å². The predicted octanol–water partition coefficient (Wildman–Crippen LogP) is 1.47. The second kappa shape index (κ2) is 8.73. The van der Waals surface area contributed by atoms with Crippen molar-refractivity contribution in [2.75, 3.05) is 49.1 Å². The number of hydrogen-bond donors (Lipinski definition) is 1. The first-order chi connectivity index (χ1) is 14.2. The summed E-state index contributed by atoms with van der Waals surface area (Å²) < 4.78 is 13.8. The van der Waals surface area contributed by atoms with E-state index in [4.69, 9.17) is 0 Å². The van der Waals surface area contributed by atoms with Crippen LogP contribution in [-0.4, -0.2) is 71.3 Å². The Morgan fingerprint density at radius 3 is 2.62 bits per heavy atom. The molecule has 1 aromatic heterocycles. The van der Waals surface area contributed by atoms with E-state index in [2.05, 4.69) is 19.8 Å². The number of hydrogen-bond acceptors (Lipinski definition) is 6. The number of aromatic nitrogens is 2. The molecule has 2 aliphatic heterocycles. The molecular formula is C21H26FN5O2. The van der Waals surface area contributed by atoms with Gasteiger partial charge in [-0.3, -0.25) is 4.79 Å². The van der Waals surface area contributed by atoms with Crippen LogP contribution in [0.2, 0.25) is 0 Å². The third-order valence-corrected chi connectivity index (χ3v) is 5.78. The number of halogens is 1. The number of aliphatic hydroxyl groups excluding tert-OH is 1. The number of carbonyl (C=O) groups is 1. The molecule has 8 heteroatoms. The Labute approximate surface area is 169 Å². The minimum atomic E-state index is -0.337. The summed E-state index contributed by atoms with van der Waals surface area (Å²) in [6.07, 6.45) is 3.67. The van der Waals surface area contributed by atoms with Gasteiger partial charge in [0.25, 0.3) is 0 Å². The number of nitrogens with zero attached hydrogens (tertiary/aromatic N) is 5. The van der Waals surface area contributed by atoms with Gasteiger partial charge in [0.05, 0.1) is 19.1 Å². The molecule has 2 aliphatic rings. The van der Waals surface area contributed by atoms with Gasteiger partial charge in [0.2, 0.25) is 5.91 Å². The van der Waals surface area contributed by atoms with Crippen molar-refractivity contribution in [1.29, 1.82) is 0 Å². The lowest BCUT2D eigenvalue weighted by atomic mass is 10.1. The van der Waals surface area contributed by atoms with Crippen molar-refractivity contribution in [3.8, 4) is 0 Å². The summed E-state index contributed by atoms with van der Waals surface area (Å²) in [6, 6.07) is 8.50. The van der Waals surface area contributed by atoms with Gasteiger partial charge in [-0.1, -0.05) is 18.2 Å². The van der Waals surface area contributed by atoms with Crippen LogP contribution in [0.4, 0.5) is 16.0 Å². The Balaban J connectivity index is 1.37. The van der Waals surface area contributed by atoms with Crippen molar-refractivity contribution in [1.82, 2.24) is 14.9 Å². The molecule has 0 radical (unpaired) electrons. The fraction of sp³-hybridized carbons (Fsp3) is 0.476. The number of amides is 1. The molecule has 2 fully saturated rings. The highest BCUT2D eigenvalue weighted by atomic mass is 19.1. The minimum absolute atomic E-state index is 0.0546. The highest BCUT2D eigenvalue weighted by Gasteiger charge is 2.27. The fourth-order valence-corrected chi connectivity index (χ4v) is 4.10. The summed E-state index contributed by atoms with van der Waals surface area (Å²) in [6.45, 7) is 3.51. The predicted molar refractivity (Wildman–Crippen MR) is 108 cm³/mol. The number of rotatable bonds is 5. The average molecular weight is 399 g/mol. The van der Waals surface area contributed by atoms with E-state index in [1.54, 1.807) is 29.4 Å². The van der Waals surface area contributed by atoms with E-state index < -0.39 is 0 Å². The normalized spacial score (nSPS) is 19.7. The molecule has 1 unspecified atom stereocenters. The highest BCUT2D eigenvalue weighted by Crippen LogP contribution is 2.26. The molecular weight excluding hydrogens is 373 g/mol. The maximum Gasteiger partial charge on any atom is 0.227 e. The van der Waals surface area contributed by atoms with E-state index in [-0.39, 0.29) is 30.8 Å². The molecule has 0 bridgehead atoms. The molecule has 1 N–H and O–H groups in total. The first-order valence-electron chi connectivity index (χ1n) is 10.1. The summed E-state index contributed by atoms with van der Waals surface area (Å²) in [7, 11) is 0. The molecule has 154 valence electrons. The number of carbonyl (C=O) groups excluding carboxylic acids is 1. The van der Waals surface area contributed by atoms with E-state index in [1.807, 2.05) is 6.07 Å². The smallest absolute Gasteiger partial charge is 0.227 e. The lowest BCUT2D eigenvalue weighted by Gasteiger charge is -2.36. The molecule has 2 aromatic rings. The molecule has 7 nitrogen and oxygen atoms in total. The first-order valence-corrected chi connectivity index (χ1v) is 10.1. The van der Waals surface area contributed by atoms with Crippen molar-refractivity contribution in [2.24, 2.45) is 0 Å². The number of piperazine rings is 1. The molecule has 0 spiro atoms. The maximum absolute atomic E-state index is 13.8. The van der Waals surface area contributed by atoms with Gasteiger partial charge in [0.15, 0.2) is 0 Å². The van der Waals surface area contributed by atoms with Crippen LogP contribution in [0.1, 0.15) is 18.4 Å². The van der Waals surface area contributed by atoms with Gasteiger partial charge in [0.1, 0.15) is 23.8 Å². The van der Waals surface area contributed by atoms with E-state index in [1.165, 1.54) is 6.07 Å². The van der Waals surface area contributed by atoms with Crippen LogP contribution in [0.3, 0.4) is 0 Å². The van der Waals surface area contributed by atoms with Crippen LogP contribution in [0.5, 0.6) is 0 Å². The zero-order valence-corrected chi connectivity index (χ0v) is 16.4. The second-order valence-electron chi connectivity index (χ2n) is 7.54. The zero-order valence-electron chi connectivity index (χ0n) is 16.4. The van der Waals surface area contributed by atoms with Crippen LogP contribution >= 0.6 is 0 Å². The Kier molecular flexibility index (Phi) is 5.89. The van der Waals surface area contributed by atoms with Crippen molar-refractivity contribution in [2.45, 2.75) is 25.3 Å². The van der Waals surface area contributed by atoms with Gasteiger partial charge in [0, 0.05) is 38.8 Å². The van der Waals surface area contributed by atoms with Crippen molar-refractivity contribution < 1.29 is 14.3 Å². The van der Waals surface area contributed by atoms with Gasteiger partial charge >= 0.3 is 0 Å². The molecule has 0 saturated carbocycles. The molecule has 3 heterocycles. The third-order valence-electron chi connectivity index (χ3n) is 5.78. The molecule has 1 aromatic carbocycles. The third kappa shape index (κ3) is 4.32. The lowest BCUT2D eigenvalue weighted by molar-refractivity contribution is -0.130. The Morgan fingerprint density at radius 2 is 1.86 bits per heavy atom. The van der Waals surface area contributed by atoms with Gasteiger partial charge in [-0.2, -0.15) is 0 Å². The summed E-state index contributed by atoms with van der Waals surface area (Å²) in [5.41, 5.74) is 0.435. The molecule has 1 atom stereocenters. The minimum Gasteiger partial charge on any atom is -0.394 e. The first kappa shape index (κ1) is 19.6. The van der Waals surface area contributed by atoms with Crippen LogP contribution in [0.25, 0.3) is 0 Å². The Bertz CT molecular complexity index is 856. The second-order valence-corrected chi connectivity index (χ2v) is 7.54. The maximum atomic E-state index is 13.8. The molecule has 0 aliphatic carbocycles. The van der Waals surface area contributed by atoms with E-state index in [0.717, 1.165) is 31.0 Å². The molecule has 4 rings (SSSR count). The van der Waals surface area contributed by atoms with Gasteiger partial charge in [-0.25, -0.2) is 14.4 Å². The Morgan fingerprint density at radius 1 is 1.10 bits per heavy atom. The SMILES string of the molecule is O=C(Cc1ccccc1F)N1CCN(c2cc(N3CCCC3CO)ncn2)CC1. The van der Waals surface area contributed by atoms with E-state index >= 15 is 0 Å². The van der Waals surface area contributed by atoms with Crippen LogP contribution in [-0.2, 0) is 11.2 Å². The summed E-state index contributed by atoms with van der Waals surface area (Å²) in [5, 5.41) is 9.56. The summed E-state index contributed by atoms with van der Waals surface area (Å²) in [4.78, 5) is 27.4. The van der Waals surface area contributed by atoms with Gasteiger partial charge < -0.3 is 19.8 Å². The molecule has 1 amide bonds. The fourth-order valence-electron chi connectivity index (χ4n) is 4.10. The average Bonchev–Trinajstić information content (AvgIpc) is 3.24. The largest absolute Gasteiger partial charge is 0.394 e. The Hall–Kier alpha value is -2.74. The number of aliphatic hydroxyl groups is 1. The van der Waals surface area contributed by atoms with E-state index in [9.17, 15) is 14.3 Å². The highest BCUT2D eigenvalue weighted by molar-refractivity contribution is 5.79. The topological polar surface area (TPSA) is 72.8 Å². The lowest BCUT2D eigenvalue weighted by Crippen LogP contribution is -2.49. The van der Waals surface area contributed by atoms with Gasteiger partial charge in [-0.15, -0.1) is 0 Å². The quantitative estimate of drug-likeness (QED) is 0.821. The van der Waals surface area contributed by atoms with Crippen LogP contribution < -0.4 is 9.80 Å². The van der Waals surface area contributed by atoms with Crippen molar-refractivity contribution in [3.63, 3.8) is 0 Å². The summed E-state index contributed by atoms with van der Waals surface area (Å²) >= 11 is 0. The van der Waals surface area contributed by atoms with Crippen molar-refractivity contribution >= 4 is 17.5 Å². The number of anilines is 2. The number of benzene rings is 1. The van der Waals surface area contributed by atoms with Crippen molar-refractivity contribution in [3.05, 3.63) is 48.0 Å². The zero-order chi connectivity index (χ0) is 20.2. The molecule has 29 heavy (non-hydrogen) atoms. The molecule has 2 saturated heterocycles.